The van der Waals surface area contributed by atoms with E-state index >= 15 is 0 Å². The van der Waals surface area contributed by atoms with E-state index in [9.17, 15) is 13.2 Å². The number of sulfone groups is 1. The molecule has 0 bridgehead atoms. The highest BCUT2D eigenvalue weighted by atomic mass is 32.2. The SMILES string of the molecule is CN(c1ccc(NC(=O)OC(C)(C)C)cc1)C1CCS(=O)(=O)C1. The number of hydrogen-bond donors (Lipinski definition) is 1. The second kappa shape index (κ2) is 6.39. The van der Waals surface area contributed by atoms with Crippen molar-refractivity contribution in [2.24, 2.45) is 0 Å². The molecule has 0 aliphatic carbocycles. The van der Waals surface area contributed by atoms with Gasteiger partial charge in [0.1, 0.15) is 5.60 Å². The van der Waals surface area contributed by atoms with Gasteiger partial charge in [-0.25, -0.2) is 13.2 Å². The van der Waals surface area contributed by atoms with Crippen LogP contribution in [0.5, 0.6) is 0 Å². The molecule has 1 unspecified atom stereocenters. The highest BCUT2D eigenvalue weighted by Gasteiger charge is 2.30. The van der Waals surface area contributed by atoms with Crippen LogP contribution in [0.3, 0.4) is 0 Å². The van der Waals surface area contributed by atoms with Gasteiger partial charge in [0.15, 0.2) is 9.84 Å². The van der Waals surface area contributed by atoms with Crippen molar-refractivity contribution in [3.05, 3.63) is 24.3 Å². The van der Waals surface area contributed by atoms with Crippen LogP contribution in [0.25, 0.3) is 0 Å². The van der Waals surface area contributed by atoms with Crippen molar-refractivity contribution in [2.45, 2.75) is 38.8 Å². The van der Waals surface area contributed by atoms with Crippen LogP contribution in [0.2, 0.25) is 0 Å². The molecule has 1 N–H and O–H groups in total. The summed E-state index contributed by atoms with van der Waals surface area (Å²) in [7, 11) is -1.01. The normalized spacial score (nSPS) is 20.1. The average molecular weight is 340 g/mol. The molecule has 128 valence electrons. The maximum absolute atomic E-state index is 11.7. The lowest BCUT2D eigenvalue weighted by Gasteiger charge is -2.26. The van der Waals surface area contributed by atoms with Gasteiger partial charge in [-0.05, 0) is 51.5 Å². The van der Waals surface area contributed by atoms with Crippen molar-refractivity contribution in [3.8, 4) is 0 Å². The zero-order chi connectivity index (χ0) is 17.3. The molecule has 0 radical (unpaired) electrons. The number of hydrogen-bond acceptors (Lipinski definition) is 5. The van der Waals surface area contributed by atoms with Crippen molar-refractivity contribution in [1.82, 2.24) is 0 Å². The van der Waals surface area contributed by atoms with Gasteiger partial charge in [-0.2, -0.15) is 0 Å². The molecule has 1 heterocycles. The zero-order valence-electron chi connectivity index (χ0n) is 14.0. The molecule has 6 nitrogen and oxygen atoms in total. The van der Waals surface area contributed by atoms with Crippen molar-refractivity contribution >= 4 is 27.3 Å². The average Bonchev–Trinajstić information content (AvgIpc) is 2.77. The third-order valence-electron chi connectivity index (χ3n) is 3.68. The van der Waals surface area contributed by atoms with E-state index < -0.39 is 21.5 Å². The first-order valence-corrected chi connectivity index (χ1v) is 9.41. The molecule has 1 aromatic carbocycles. The highest BCUT2D eigenvalue weighted by molar-refractivity contribution is 7.91. The zero-order valence-corrected chi connectivity index (χ0v) is 14.8. The number of ether oxygens (including phenoxy) is 1. The summed E-state index contributed by atoms with van der Waals surface area (Å²) in [5.41, 5.74) is 1.01. The van der Waals surface area contributed by atoms with Gasteiger partial charge in [0.2, 0.25) is 0 Å². The van der Waals surface area contributed by atoms with Gasteiger partial charge in [-0.1, -0.05) is 0 Å². The number of carbonyl (C=O) groups excluding carboxylic acids is 1. The second-order valence-corrected chi connectivity index (χ2v) is 9.07. The van der Waals surface area contributed by atoms with E-state index in [2.05, 4.69) is 5.32 Å². The van der Waals surface area contributed by atoms with Crippen LogP contribution < -0.4 is 10.2 Å². The smallest absolute Gasteiger partial charge is 0.412 e. The molecule has 1 amide bonds. The number of nitrogens with one attached hydrogen (secondary N) is 1. The predicted molar refractivity (Wildman–Crippen MR) is 91.8 cm³/mol. The number of amides is 1. The lowest BCUT2D eigenvalue weighted by atomic mass is 10.2. The van der Waals surface area contributed by atoms with Gasteiger partial charge < -0.3 is 9.64 Å². The Morgan fingerprint density at radius 3 is 2.35 bits per heavy atom. The summed E-state index contributed by atoms with van der Waals surface area (Å²) in [6.07, 6.45) is 0.150. The van der Waals surface area contributed by atoms with Crippen molar-refractivity contribution in [2.75, 3.05) is 28.8 Å². The van der Waals surface area contributed by atoms with Crippen molar-refractivity contribution < 1.29 is 17.9 Å². The van der Waals surface area contributed by atoms with Crippen LogP contribution in [-0.4, -0.2) is 44.7 Å². The van der Waals surface area contributed by atoms with Gasteiger partial charge in [-0.15, -0.1) is 0 Å². The quantitative estimate of drug-likeness (QED) is 0.915. The minimum Gasteiger partial charge on any atom is -0.444 e. The minimum absolute atomic E-state index is 0.00432. The number of carbonyl (C=O) groups is 1. The summed E-state index contributed by atoms with van der Waals surface area (Å²) >= 11 is 0. The Bertz CT molecular complexity index is 662. The molecular formula is C16H24N2O4S. The molecule has 23 heavy (non-hydrogen) atoms. The lowest BCUT2D eigenvalue weighted by molar-refractivity contribution is 0.0636. The predicted octanol–water partition coefficient (Wildman–Crippen LogP) is 2.66. The fourth-order valence-electron chi connectivity index (χ4n) is 2.49. The van der Waals surface area contributed by atoms with Crippen LogP contribution in [0.4, 0.5) is 16.2 Å². The summed E-state index contributed by atoms with van der Waals surface area (Å²) < 4.78 is 28.4. The summed E-state index contributed by atoms with van der Waals surface area (Å²) in [5.74, 6) is 0.446. The Balaban J connectivity index is 1.98. The lowest BCUT2D eigenvalue weighted by Crippen LogP contribution is -2.32. The first-order chi connectivity index (χ1) is 10.6. The van der Waals surface area contributed by atoms with Crippen LogP contribution in [0, 0.1) is 0 Å². The third-order valence-corrected chi connectivity index (χ3v) is 5.43. The third kappa shape index (κ3) is 5.13. The van der Waals surface area contributed by atoms with Crippen LogP contribution in [0.1, 0.15) is 27.2 Å². The Hall–Kier alpha value is -1.76. The highest BCUT2D eigenvalue weighted by Crippen LogP contribution is 2.24. The topological polar surface area (TPSA) is 75.7 Å². The number of anilines is 2. The van der Waals surface area contributed by atoms with Gasteiger partial charge in [-0.3, -0.25) is 5.32 Å². The summed E-state index contributed by atoms with van der Waals surface area (Å²) in [6.45, 7) is 5.42. The fraction of sp³-hybridized carbons (Fsp3) is 0.562. The van der Waals surface area contributed by atoms with Crippen molar-refractivity contribution in [1.29, 1.82) is 0 Å². The molecule has 1 aromatic rings. The molecular weight excluding hydrogens is 316 g/mol. The van der Waals surface area contributed by atoms with Crippen LogP contribution in [0.15, 0.2) is 24.3 Å². The van der Waals surface area contributed by atoms with E-state index in [0.717, 1.165) is 5.69 Å². The molecule has 1 saturated heterocycles. The van der Waals surface area contributed by atoms with Gasteiger partial charge >= 0.3 is 6.09 Å². The molecule has 1 aliphatic rings. The largest absolute Gasteiger partial charge is 0.444 e. The Morgan fingerprint density at radius 1 is 1.26 bits per heavy atom. The Morgan fingerprint density at radius 2 is 1.87 bits per heavy atom. The van der Waals surface area contributed by atoms with E-state index in [0.29, 0.717) is 12.1 Å². The molecule has 0 aromatic heterocycles. The summed E-state index contributed by atoms with van der Waals surface area (Å²) in [4.78, 5) is 13.7. The monoisotopic (exact) mass is 340 g/mol. The fourth-order valence-corrected chi connectivity index (χ4v) is 4.27. The summed E-state index contributed by atoms with van der Waals surface area (Å²) in [5, 5.41) is 2.67. The minimum atomic E-state index is -2.91. The summed E-state index contributed by atoms with van der Waals surface area (Å²) in [6, 6.07) is 7.28. The molecule has 7 heteroatoms. The first-order valence-electron chi connectivity index (χ1n) is 7.59. The van der Waals surface area contributed by atoms with Crippen molar-refractivity contribution in [3.63, 3.8) is 0 Å². The second-order valence-electron chi connectivity index (χ2n) is 6.84. The van der Waals surface area contributed by atoms with E-state index in [1.807, 2.05) is 24.1 Å². The standard InChI is InChI=1S/C16H24N2O4S/c1-16(2,3)22-15(19)17-12-5-7-13(8-6-12)18(4)14-9-10-23(20,21)11-14/h5-8,14H,9-11H2,1-4H3,(H,17,19). The number of benzene rings is 1. The molecule has 1 fully saturated rings. The van der Waals surface area contributed by atoms with Crippen LogP contribution >= 0.6 is 0 Å². The Kier molecular flexibility index (Phi) is 4.89. The van der Waals surface area contributed by atoms with Crippen LogP contribution in [-0.2, 0) is 14.6 Å². The van der Waals surface area contributed by atoms with E-state index in [4.69, 9.17) is 4.74 Å². The molecule has 1 aliphatic heterocycles. The van der Waals surface area contributed by atoms with Gasteiger partial charge in [0, 0.05) is 24.5 Å². The maximum Gasteiger partial charge on any atom is 0.412 e. The van der Waals surface area contributed by atoms with E-state index in [-0.39, 0.29) is 17.5 Å². The maximum atomic E-state index is 11.7. The van der Waals surface area contributed by atoms with E-state index in [1.54, 1.807) is 32.9 Å². The Labute approximate surface area is 137 Å². The molecule has 2 rings (SSSR count). The van der Waals surface area contributed by atoms with Gasteiger partial charge in [0.25, 0.3) is 0 Å². The number of rotatable bonds is 3. The first kappa shape index (κ1) is 17.6. The molecule has 0 saturated carbocycles. The number of nitrogens with zero attached hydrogens (tertiary/aromatic N) is 1. The molecule has 1 atom stereocenters. The van der Waals surface area contributed by atoms with Gasteiger partial charge in [0.05, 0.1) is 11.5 Å². The van der Waals surface area contributed by atoms with E-state index in [1.165, 1.54) is 0 Å². The molecule has 0 spiro atoms.